The highest BCUT2D eigenvalue weighted by molar-refractivity contribution is 7.99. The first-order valence-corrected chi connectivity index (χ1v) is 10.8. The molecule has 1 heterocycles. The van der Waals surface area contributed by atoms with E-state index in [0.29, 0.717) is 6.04 Å². The number of hydrogen-bond donors (Lipinski definition) is 2. The zero-order valence-corrected chi connectivity index (χ0v) is 16.7. The van der Waals surface area contributed by atoms with Crippen LogP contribution in [0.4, 0.5) is 4.79 Å². The van der Waals surface area contributed by atoms with Gasteiger partial charge in [-0.1, -0.05) is 43.9 Å². The normalized spacial score (nSPS) is 18.8. The van der Waals surface area contributed by atoms with Crippen LogP contribution in [-0.4, -0.2) is 33.3 Å². The minimum atomic E-state index is -0.367. The molecule has 0 saturated heterocycles. The van der Waals surface area contributed by atoms with E-state index in [2.05, 4.69) is 27.1 Å². The van der Waals surface area contributed by atoms with Crippen molar-refractivity contribution in [2.45, 2.75) is 88.9 Å². The Balaban J connectivity index is 1.51. The summed E-state index contributed by atoms with van der Waals surface area (Å²) in [5.41, 5.74) is 2.21. The number of aromatic nitrogens is 2. The number of carbonyl (C=O) groups excluding carboxylic acids is 2. The molecular weight excluding hydrogens is 348 g/mol. The van der Waals surface area contributed by atoms with Crippen molar-refractivity contribution in [2.24, 2.45) is 0 Å². The van der Waals surface area contributed by atoms with Crippen LogP contribution in [0.25, 0.3) is 0 Å². The highest BCUT2D eigenvalue weighted by Crippen LogP contribution is 2.35. The van der Waals surface area contributed by atoms with E-state index in [4.69, 9.17) is 0 Å². The molecule has 0 radical (unpaired) electrons. The second-order valence-corrected chi connectivity index (χ2v) is 8.46. The van der Waals surface area contributed by atoms with Gasteiger partial charge in [0, 0.05) is 17.8 Å². The van der Waals surface area contributed by atoms with Crippen molar-refractivity contribution < 1.29 is 9.59 Å². The number of aryl methyl sites for hydroxylation is 1. The van der Waals surface area contributed by atoms with Crippen molar-refractivity contribution >= 4 is 23.7 Å². The Hall–Kier alpha value is -1.50. The lowest BCUT2D eigenvalue weighted by atomic mass is 9.96. The van der Waals surface area contributed by atoms with Crippen LogP contribution in [-0.2, 0) is 4.79 Å². The predicted octanol–water partition coefficient (Wildman–Crippen LogP) is 3.87. The monoisotopic (exact) mass is 378 g/mol. The lowest BCUT2D eigenvalue weighted by molar-refractivity contribution is -0.117. The molecule has 0 spiro atoms. The number of imide groups is 1. The van der Waals surface area contributed by atoms with Gasteiger partial charge in [0.25, 0.3) is 0 Å². The van der Waals surface area contributed by atoms with Crippen LogP contribution in [0.3, 0.4) is 0 Å². The Bertz CT molecular complexity index is 646. The van der Waals surface area contributed by atoms with Crippen LogP contribution in [0.15, 0.2) is 5.16 Å². The molecule has 6 nitrogen and oxygen atoms in total. The third-order valence-electron chi connectivity index (χ3n) is 5.57. The average Bonchev–Trinajstić information content (AvgIpc) is 3.22. The Morgan fingerprint density at radius 3 is 2.42 bits per heavy atom. The van der Waals surface area contributed by atoms with Gasteiger partial charge in [0.15, 0.2) is 5.16 Å². The summed E-state index contributed by atoms with van der Waals surface area (Å²) in [5.74, 6) is -0.0552. The van der Waals surface area contributed by atoms with Gasteiger partial charge in [-0.3, -0.25) is 10.1 Å². The van der Waals surface area contributed by atoms with E-state index in [1.807, 2.05) is 6.92 Å². The fourth-order valence-electron chi connectivity index (χ4n) is 4.05. The summed E-state index contributed by atoms with van der Waals surface area (Å²) >= 11 is 1.42. The highest BCUT2D eigenvalue weighted by Gasteiger charge is 2.24. The minimum Gasteiger partial charge on any atom is -0.335 e. The maximum Gasteiger partial charge on any atom is 0.321 e. The third-order valence-corrected chi connectivity index (χ3v) is 6.52. The number of nitrogens with one attached hydrogen (secondary N) is 2. The summed E-state index contributed by atoms with van der Waals surface area (Å²) in [6, 6.07) is 0.334. The van der Waals surface area contributed by atoms with Crippen LogP contribution in [0.2, 0.25) is 0 Å². The fourth-order valence-corrected chi connectivity index (χ4v) is 5.01. The van der Waals surface area contributed by atoms with Crippen LogP contribution in [0.1, 0.15) is 75.2 Å². The van der Waals surface area contributed by atoms with Crippen molar-refractivity contribution in [3.8, 4) is 0 Å². The second-order valence-electron chi connectivity index (χ2n) is 7.52. The van der Waals surface area contributed by atoms with Crippen molar-refractivity contribution in [1.82, 2.24) is 20.2 Å². The summed E-state index contributed by atoms with van der Waals surface area (Å²) in [6.07, 6.45) is 10.4. The van der Waals surface area contributed by atoms with Gasteiger partial charge < -0.3 is 9.88 Å². The van der Waals surface area contributed by atoms with E-state index >= 15 is 0 Å². The van der Waals surface area contributed by atoms with Gasteiger partial charge >= 0.3 is 6.03 Å². The first kappa shape index (κ1) is 19.3. The molecule has 3 amide bonds. The van der Waals surface area contributed by atoms with Gasteiger partial charge in [-0.2, -0.15) is 0 Å². The van der Waals surface area contributed by atoms with E-state index < -0.39 is 0 Å². The second kappa shape index (κ2) is 8.93. The van der Waals surface area contributed by atoms with Crippen LogP contribution in [0, 0.1) is 13.8 Å². The SMILES string of the molecule is Cc1nc(SCC(=O)NC(=O)NC2CCCCC2)n(C2CCCC2)c1C. The number of amides is 3. The van der Waals surface area contributed by atoms with Crippen molar-refractivity contribution in [3.63, 3.8) is 0 Å². The Morgan fingerprint density at radius 2 is 1.73 bits per heavy atom. The number of hydrogen-bond acceptors (Lipinski definition) is 4. The zero-order chi connectivity index (χ0) is 18.5. The van der Waals surface area contributed by atoms with Gasteiger partial charge in [-0.05, 0) is 39.5 Å². The molecule has 2 fully saturated rings. The largest absolute Gasteiger partial charge is 0.335 e. The number of imidazole rings is 1. The molecule has 2 aliphatic rings. The maximum atomic E-state index is 12.2. The smallest absolute Gasteiger partial charge is 0.321 e. The molecule has 2 aliphatic carbocycles. The van der Waals surface area contributed by atoms with Crippen LogP contribution < -0.4 is 10.6 Å². The Morgan fingerprint density at radius 1 is 1.08 bits per heavy atom. The molecule has 144 valence electrons. The standard InChI is InChI=1S/C19H30N4O2S/c1-13-14(2)23(16-10-6-7-11-16)19(20-13)26-12-17(24)22-18(25)21-15-8-4-3-5-9-15/h15-16H,3-12H2,1-2H3,(H2,21,22,24,25). The fraction of sp³-hybridized carbons (Fsp3) is 0.737. The molecule has 0 unspecified atom stereocenters. The zero-order valence-electron chi connectivity index (χ0n) is 15.8. The highest BCUT2D eigenvalue weighted by atomic mass is 32.2. The maximum absolute atomic E-state index is 12.2. The Labute approximate surface area is 159 Å². The van der Waals surface area contributed by atoms with E-state index in [9.17, 15) is 9.59 Å². The predicted molar refractivity (Wildman–Crippen MR) is 103 cm³/mol. The molecule has 2 N–H and O–H groups in total. The van der Waals surface area contributed by atoms with Gasteiger partial charge in [0.05, 0.1) is 11.4 Å². The number of thioether (sulfide) groups is 1. The van der Waals surface area contributed by atoms with E-state index in [-0.39, 0.29) is 23.7 Å². The topological polar surface area (TPSA) is 76.0 Å². The number of rotatable bonds is 5. The Kier molecular flexibility index (Phi) is 6.62. The van der Waals surface area contributed by atoms with Gasteiger partial charge in [0.1, 0.15) is 0 Å². The van der Waals surface area contributed by atoms with Crippen LogP contribution >= 0.6 is 11.8 Å². The quantitative estimate of drug-likeness (QED) is 0.763. The van der Waals surface area contributed by atoms with E-state index in [1.165, 1.54) is 49.6 Å². The first-order valence-electron chi connectivity index (χ1n) is 9.83. The first-order chi connectivity index (χ1) is 12.5. The van der Waals surface area contributed by atoms with Crippen molar-refractivity contribution in [1.29, 1.82) is 0 Å². The lowest BCUT2D eigenvalue weighted by Crippen LogP contribution is -2.45. The molecule has 1 aromatic heterocycles. The van der Waals surface area contributed by atoms with Crippen molar-refractivity contribution in [3.05, 3.63) is 11.4 Å². The summed E-state index contributed by atoms with van der Waals surface area (Å²) in [6.45, 7) is 4.12. The van der Waals surface area contributed by atoms with Crippen LogP contribution in [0.5, 0.6) is 0 Å². The molecule has 0 atom stereocenters. The molecule has 1 aromatic rings. The summed E-state index contributed by atoms with van der Waals surface area (Å²) in [4.78, 5) is 28.8. The molecule has 0 bridgehead atoms. The average molecular weight is 379 g/mol. The van der Waals surface area contributed by atoms with Gasteiger partial charge in [-0.15, -0.1) is 0 Å². The van der Waals surface area contributed by atoms with Gasteiger partial charge in [-0.25, -0.2) is 9.78 Å². The minimum absolute atomic E-state index is 0.204. The summed E-state index contributed by atoms with van der Waals surface area (Å²) < 4.78 is 2.29. The summed E-state index contributed by atoms with van der Waals surface area (Å²) in [7, 11) is 0. The van der Waals surface area contributed by atoms with Gasteiger partial charge in [0.2, 0.25) is 5.91 Å². The molecule has 7 heteroatoms. The third kappa shape index (κ3) is 4.81. The van der Waals surface area contributed by atoms with Crippen molar-refractivity contribution in [2.75, 3.05) is 5.75 Å². The number of nitrogens with zero attached hydrogens (tertiary/aromatic N) is 2. The lowest BCUT2D eigenvalue weighted by Gasteiger charge is -2.22. The molecule has 2 saturated carbocycles. The molecular formula is C19H30N4O2S. The molecule has 0 aromatic carbocycles. The molecule has 26 heavy (non-hydrogen) atoms. The number of carbonyl (C=O) groups is 2. The van der Waals surface area contributed by atoms with E-state index in [1.54, 1.807) is 0 Å². The molecule has 0 aliphatic heterocycles. The van der Waals surface area contributed by atoms with E-state index in [0.717, 1.165) is 36.5 Å². The summed E-state index contributed by atoms with van der Waals surface area (Å²) in [5, 5.41) is 6.28. The number of urea groups is 1. The molecule has 3 rings (SSSR count).